The second kappa shape index (κ2) is 5.00. The molecule has 2 aliphatic rings. The van der Waals surface area contributed by atoms with Crippen LogP contribution in [0.15, 0.2) is 11.4 Å². The van der Waals surface area contributed by atoms with Gasteiger partial charge in [-0.15, -0.1) is 11.3 Å². The van der Waals surface area contributed by atoms with E-state index in [0.717, 1.165) is 35.8 Å². The molecule has 0 spiro atoms. The van der Waals surface area contributed by atoms with Crippen LogP contribution >= 0.6 is 23.1 Å². The molecule has 20 heavy (non-hydrogen) atoms. The Labute approximate surface area is 125 Å². The van der Waals surface area contributed by atoms with E-state index in [2.05, 4.69) is 9.97 Å². The van der Waals surface area contributed by atoms with Gasteiger partial charge in [0.2, 0.25) is 5.91 Å². The number of thioether (sulfide) groups is 1. The number of amides is 1. The Morgan fingerprint density at radius 3 is 3.00 bits per heavy atom. The van der Waals surface area contributed by atoms with Gasteiger partial charge < -0.3 is 4.90 Å². The number of carbonyl (C=O) groups is 1. The van der Waals surface area contributed by atoms with Crippen LogP contribution in [0, 0.1) is 0 Å². The average molecular weight is 305 g/mol. The second-order valence-electron chi connectivity index (χ2n) is 5.24. The quantitative estimate of drug-likeness (QED) is 0.646. The summed E-state index contributed by atoms with van der Waals surface area (Å²) in [5, 5.41) is 2.20. The zero-order chi connectivity index (χ0) is 13.5. The van der Waals surface area contributed by atoms with Crippen LogP contribution in [-0.4, -0.2) is 39.6 Å². The van der Waals surface area contributed by atoms with Crippen molar-refractivity contribution in [1.82, 2.24) is 14.9 Å². The van der Waals surface area contributed by atoms with Crippen molar-refractivity contribution in [2.45, 2.75) is 30.7 Å². The number of fused-ring (bicyclic) bond motifs is 3. The van der Waals surface area contributed by atoms with Crippen molar-refractivity contribution in [2.75, 3.05) is 18.8 Å². The third-order valence-corrected chi connectivity index (χ3v) is 6.18. The minimum absolute atomic E-state index is 0.236. The van der Waals surface area contributed by atoms with Crippen LogP contribution in [0.4, 0.5) is 0 Å². The molecule has 1 fully saturated rings. The van der Waals surface area contributed by atoms with Crippen LogP contribution in [0.2, 0.25) is 0 Å². The monoisotopic (exact) mass is 305 g/mol. The first kappa shape index (κ1) is 12.6. The number of hydrogen-bond acceptors (Lipinski definition) is 5. The van der Waals surface area contributed by atoms with E-state index < -0.39 is 0 Å². The van der Waals surface area contributed by atoms with Crippen molar-refractivity contribution in [3.8, 4) is 0 Å². The van der Waals surface area contributed by atoms with Gasteiger partial charge >= 0.3 is 0 Å². The SMILES string of the molecule is O=C(CSc1ncnc2sc3c(c12)CCC3)N1CCC1. The summed E-state index contributed by atoms with van der Waals surface area (Å²) in [6.45, 7) is 1.85. The number of thiophene rings is 1. The minimum atomic E-state index is 0.236. The molecule has 1 aliphatic carbocycles. The maximum atomic E-state index is 12.0. The summed E-state index contributed by atoms with van der Waals surface area (Å²) in [4.78, 5) is 25.3. The molecule has 4 nitrogen and oxygen atoms in total. The molecule has 0 unspecified atom stereocenters. The lowest BCUT2D eigenvalue weighted by molar-refractivity contribution is -0.131. The van der Waals surface area contributed by atoms with E-state index >= 15 is 0 Å². The van der Waals surface area contributed by atoms with E-state index in [1.807, 2.05) is 4.90 Å². The molecule has 0 radical (unpaired) electrons. The summed E-state index contributed by atoms with van der Waals surface area (Å²) in [5.41, 5.74) is 1.43. The first-order chi connectivity index (χ1) is 9.83. The fourth-order valence-electron chi connectivity index (χ4n) is 2.80. The predicted octanol–water partition coefficient (Wildman–Crippen LogP) is 2.50. The fraction of sp³-hybridized carbons (Fsp3) is 0.500. The Bertz CT molecular complexity index is 678. The molecule has 0 N–H and O–H groups in total. The van der Waals surface area contributed by atoms with Crippen LogP contribution in [0.25, 0.3) is 10.2 Å². The number of carbonyl (C=O) groups excluding carboxylic acids is 1. The van der Waals surface area contributed by atoms with Gasteiger partial charge in [-0.3, -0.25) is 4.79 Å². The van der Waals surface area contributed by atoms with Gasteiger partial charge in [0.15, 0.2) is 0 Å². The van der Waals surface area contributed by atoms with Gasteiger partial charge in [-0.1, -0.05) is 11.8 Å². The Morgan fingerprint density at radius 2 is 2.20 bits per heavy atom. The van der Waals surface area contributed by atoms with Crippen LogP contribution in [0.5, 0.6) is 0 Å². The third-order valence-electron chi connectivity index (χ3n) is 4.01. The van der Waals surface area contributed by atoms with Gasteiger partial charge in [0.1, 0.15) is 16.2 Å². The molecule has 1 aliphatic heterocycles. The van der Waals surface area contributed by atoms with Crippen molar-refractivity contribution in [2.24, 2.45) is 0 Å². The standard InChI is InChI=1S/C14H15N3OS2/c18-11(17-5-2-6-17)7-19-13-12-9-3-1-4-10(9)20-14(12)16-8-15-13/h8H,1-7H2. The molecular weight excluding hydrogens is 290 g/mol. The fourth-order valence-corrected chi connectivity index (χ4v) is 5.02. The summed E-state index contributed by atoms with van der Waals surface area (Å²) < 4.78 is 0. The highest BCUT2D eigenvalue weighted by atomic mass is 32.2. The summed E-state index contributed by atoms with van der Waals surface area (Å²) in [5.74, 6) is 0.733. The van der Waals surface area contributed by atoms with Crippen LogP contribution in [0.3, 0.4) is 0 Å². The van der Waals surface area contributed by atoms with Crippen LogP contribution < -0.4 is 0 Å². The highest BCUT2D eigenvalue weighted by molar-refractivity contribution is 8.00. The summed E-state index contributed by atoms with van der Waals surface area (Å²) >= 11 is 3.37. The summed E-state index contributed by atoms with van der Waals surface area (Å²) in [6.07, 6.45) is 6.32. The smallest absolute Gasteiger partial charge is 0.232 e. The summed E-state index contributed by atoms with van der Waals surface area (Å²) in [7, 11) is 0. The van der Waals surface area contributed by atoms with Gasteiger partial charge in [-0.2, -0.15) is 0 Å². The Hall–Kier alpha value is -1.14. The van der Waals surface area contributed by atoms with Crippen molar-refractivity contribution in [3.05, 3.63) is 16.8 Å². The summed E-state index contributed by atoms with van der Waals surface area (Å²) in [6, 6.07) is 0. The van der Waals surface area contributed by atoms with Gasteiger partial charge in [-0.05, 0) is 31.2 Å². The molecule has 2 aromatic rings. The topological polar surface area (TPSA) is 46.1 Å². The number of aryl methyl sites for hydroxylation is 2. The predicted molar refractivity (Wildman–Crippen MR) is 81.4 cm³/mol. The van der Waals surface area contributed by atoms with Crippen LogP contribution in [0.1, 0.15) is 23.3 Å². The molecular formula is C14H15N3OS2. The normalized spacial score (nSPS) is 17.3. The lowest BCUT2D eigenvalue weighted by Gasteiger charge is -2.30. The zero-order valence-corrected chi connectivity index (χ0v) is 12.7. The lowest BCUT2D eigenvalue weighted by atomic mass is 10.2. The second-order valence-corrected chi connectivity index (χ2v) is 7.29. The molecule has 104 valence electrons. The van der Waals surface area contributed by atoms with Crippen LogP contribution in [-0.2, 0) is 17.6 Å². The van der Waals surface area contributed by atoms with Gasteiger partial charge in [0.05, 0.1) is 5.75 Å². The Morgan fingerprint density at radius 1 is 1.30 bits per heavy atom. The van der Waals surface area contributed by atoms with E-state index in [4.69, 9.17) is 0 Å². The van der Waals surface area contributed by atoms with E-state index in [0.29, 0.717) is 5.75 Å². The Balaban J connectivity index is 1.61. The maximum absolute atomic E-state index is 12.0. The first-order valence-electron chi connectivity index (χ1n) is 6.99. The molecule has 0 bridgehead atoms. The molecule has 0 atom stereocenters. The number of nitrogens with zero attached hydrogens (tertiary/aromatic N) is 3. The van der Waals surface area contributed by atoms with E-state index in [-0.39, 0.29) is 5.91 Å². The largest absolute Gasteiger partial charge is 0.342 e. The van der Waals surface area contributed by atoms with Crippen molar-refractivity contribution in [3.63, 3.8) is 0 Å². The molecule has 4 rings (SSSR count). The number of likely N-dealkylation sites (tertiary alicyclic amines) is 1. The third kappa shape index (κ3) is 2.02. The maximum Gasteiger partial charge on any atom is 0.232 e. The van der Waals surface area contributed by atoms with Crippen molar-refractivity contribution in [1.29, 1.82) is 0 Å². The Kier molecular flexibility index (Phi) is 3.15. The lowest BCUT2D eigenvalue weighted by Crippen LogP contribution is -2.43. The average Bonchev–Trinajstić information content (AvgIpc) is 2.94. The molecule has 6 heteroatoms. The van der Waals surface area contributed by atoms with E-state index in [9.17, 15) is 4.79 Å². The van der Waals surface area contributed by atoms with Gasteiger partial charge in [0, 0.05) is 23.4 Å². The van der Waals surface area contributed by atoms with E-state index in [1.165, 1.54) is 28.7 Å². The molecule has 3 heterocycles. The first-order valence-corrected chi connectivity index (χ1v) is 8.79. The number of hydrogen-bond donors (Lipinski definition) is 0. The molecule has 2 aromatic heterocycles. The molecule has 0 saturated carbocycles. The highest BCUT2D eigenvalue weighted by Gasteiger charge is 2.23. The van der Waals surface area contributed by atoms with Crippen molar-refractivity contribution < 1.29 is 4.79 Å². The van der Waals surface area contributed by atoms with E-state index in [1.54, 1.807) is 29.4 Å². The number of aromatic nitrogens is 2. The van der Waals surface area contributed by atoms with Crippen molar-refractivity contribution >= 4 is 39.2 Å². The highest BCUT2D eigenvalue weighted by Crippen LogP contribution is 2.40. The van der Waals surface area contributed by atoms with Gasteiger partial charge in [0.25, 0.3) is 0 Å². The number of rotatable bonds is 3. The molecule has 0 aromatic carbocycles. The molecule has 1 saturated heterocycles. The zero-order valence-electron chi connectivity index (χ0n) is 11.1. The minimum Gasteiger partial charge on any atom is -0.342 e. The molecule has 1 amide bonds. The van der Waals surface area contributed by atoms with Gasteiger partial charge in [-0.25, -0.2) is 9.97 Å².